The van der Waals surface area contributed by atoms with Gasteiger partial charge in [-0.05, 0) is 62.7 Å². The molecule has 0 aliphatic heterocycles. The molecule has 10 heteroatoms. The van der Waals surface area contributed by atoms with Crippen LogP contribution in [0.1, 0.15) is 26.3 Å². The Morgan fingerprint density at radius 3 is 2.54 bits per heavy atom. The minimum Gasteiger partial charge on any atom is -0.488 e. The van der Waals surface area contributed by atoms with Crippen molar-refractivity contribution in [1.82, 2.24) is 15.0 Å². The van der Waals surface area contributed by atoms with E-state index >= 15 is 0 Å². The lowest BCUT2D eigenvalue weighted by atomic mass is 10.1. The molecule has 0 bridgehead atoms. The molecule has 0 aliphatic carbocycles. The normalized spacial score (nSPS) is 10.9. The average molecular weight is 529 g/mol. The van der Waals surface area contributed by atoms with E-state index in [1.165, 1.54) is 20.0 Å². The Labute approximate surface area is 225 Å². The molecule has 2 aromatic heterocycles. The summed E-state index contributed by atoms with van der Waals surface area (Å²) < 4.78 is 17.0. The van der Waals surface area contributed by atoms with E-state index in [4.69, 9.17) is 14.2 Å². The van der Waals surface area contributed by atoms with Gasteiger partial charge in [0.2, 0.25) is 5.91 Å². The number of rotatable bonds is 11. The van der Waals surface area contributed by atoms with E-state index in [1.807, 2.05) is 19.1 Å². The van der Waals surface area contributed by atoms with Crippen molar-refractivity contribution in [2.75, 3.05) is 11.9 Å². The number of carboxylic acid groups (broad SMARTS) is 1. The first-order chi connectivity index (χ1) is 18.7. The number of nitrogens with zero attached hydrogens (tertiary/aromatic N) is 3. The zero-order valence-corrected chi connectivity index (χ0v) is 21.7. The van der Waals surface area contributed by atoms with Gasteiger partial charge in [0, 0.05) is 11.8 Å². The highest BCUT2D eigenvalue weighted by molar-refractivity contribution is 5.91. The summed E-state index contributed by atoms with van der Waals surface area (Å²) in [4.78, 5) is 36.9. The first kappa shape index (κ1) is 27.1. The number of aliphatic carboxylic acids is 1. The predicted molar refractivity (Wildman–Crippen MR) is 144 cm³/mol. The number of carboxylic acids is 1. The lowest BCUT2D eigenvalue weighted by molar-refractivity contribution is -0.152. The summed E-state index contributed by atoms with van der Waals surface area (Å²) in [6.45, 7) is 5.31. The van der Waals surface area contributed by atoms with Gasteiger partial charge in [0.1, 0.15) is 11.5 Å². The largest absolute Gasteiger partial charge is 0.488 e. The Morgan fingerprint density at radius 1 is 1.00 bits per heavy atom. The van der Waals surface area contributed by atoms with E-state index in [0.29, 0.717) is 41.2 Å². The second kappa shape index (κ2) is 12.0. The molecule has 0 aliphatic rings. The Hall–Kier alpha value is -4.99. The summed E-state index contributed by atoms with van der Waals surface area (Å²) in [5.41, 5.74) is 0.651. The minimum atomic E-state index is -1.36. The molecule has 0 spiro atoms. The number of nitrogens with one attached hydrogen (secondary N) is 1. The van der Waals surface area contributed by atoms with Crippen LogP contribution in [0, 0.1) is 0 Å². The van der Waals surface area contributed by atoms with E-state index in [2.05, 4.69) is 20.3 Å². The number of hydrogen-bond donors (Lipinski definition) is 2. The Balaban J connectivity index is 1.41. The van der Waals surface area contributed by atoms with E-state index in [-0.39, 0.29) is 12.3 Å². The van der Waals surface area contributed by atoms with Gasteiger partial charge in [-0.2, -0.15) is 0 Å². The van der Waals surface area contributed by atoms with Crippen molar-refractivity contribution in [3.05, 3.63) is 84.8 Å². The van der Waals surface area contributed by atoms with Crippen molar-refractivity contribution in [1.29, 1.82) is 0 Å². The molecule has 1 amide bonds. The summed E-state index contributed by atoms with van der Waals surface area (Å²) in [6.07, 6.45) is 4.78. The molecular formula is C29H28N4O6. The molecule has 2 N–H and O–H groups in total. The molecular weight excluding hydrogens is 500 g/mol. The number of ether oxygens (including phenoxy) is 3. The number of benzene rings is 2. The summed E-state index contributed by atoms with van der Waals surface area (Å²) in [5, 5.41) is 12.0. The number of aromatic nitrogens is 3. The van der Waals surface area contributed by atoms with E-state index in [0.717, 1.165) is 11.1 Å². The van der Waals surface area contributed by atoms with E-state index in [9.17, 15) is 14.7 Å². The van der Waals surface area contributed by atoms with Gasteiger partial charge in [0.05, 0.1) is 31.1 Å². The van der Waals surface area contributed by atoms with Gasteiger partial charge in [0.25, 0.3) is 5.88 Å². The van der Waals surface area contributed by atoms with Gasteiger partial charge in [0.15, 0.2) is 17.2 Å². The predicted octanol–water partition coefficient (Wildman–Crippen LogP) is 5.15. The fraction of sp³-hybridized carbons (Fsp3) is 0.207. The van der Waals surface area contributed by atoms with Gasteiger partial charge in [-0.25, -0.2) is 14.8 Å². The molecule has 0 saturated heterocycles. The van der Waals surface area contributed by atoms with Crippen LogP contribution in [0.25, 0.3) is 11.3 Å². The number of hydrogen-bond acceptors (Lipinski definition) is 8. The third kappa shape index (κ3) is 7.29. The molecule has 2 heterocycles. The van der Waals surface area contributed by atoms with Crippen molar-refractivity contribution in [2.45, 2.75) is 32.8 Å². The summed E-state index contributed by atoms with van der Waals surface area (Å²) in [7, 11) is 0. The molecule has 200 valence electrons. The second-order valence-corrected chi connectivity index (χ2v) is 8.95. The van der Waals surface area contributed by atoms with Gasteiger partial charge in [-0.3, -0.25) is 9.78 Å². The number of pyridine rings is 1. The van der Waals surface area contributed by atoms with E-state index in [1.54, 1.807) is 60.9 Å². The molecule has 4 aromatic rings. The number of anilines is 1. The van der Waals surface area contributed by atoms with Crippen molar-refractivity contribution in [3.63, 3.8) is 0 Å². The molecule has 0 unspecified atom stereocenters. The van der Waals surface area contributed by atoms with Crippen LogP contribution in [0.4, 0.5) is 5.82 Å². The molecule has 4 rings (SSSR count). The highest BCUT2D eigenvalue weighted by Crippen LogP contribution is 2.31. The maximum atomic E-state index is 12.6. The summed E-state index contributed by atoms with van der Waals surface area (Å²) >= 11 is 0. The van der Waals surface area contributed by atoms with E-state index < -0.39 is 11.6 Å². The van der Waals surface area contributed by atoms with Crippen molar-refractivity contribution < 1.29 is 28.9 Å². The van der Waals surface area contributed by atoms with Crippen LogP contribution in [-0.4, -0.2) is 44.1 Å². The highest BCUT2D eigenvalue weighted by atomic mass is 16.5. The molecule has 10 nitrogen and oxygen atoms in total. The van der Waals surface area contributed by atoms with Gasteiger partial charge in [-0.15, -0.1) is 0 Å². The first-order valence-electron chi connectivity index (χ1n) is 12.2. The standard InChI is InChI=1S/C29H28N4O6/c1-4-37-24-9-6-14-31-27(24)38-22-8-5-7-20(16-22)23-17-30-18-25(32-23)33-26(34)15-19-10-12-21(13-11-19)39-29(2,3)28(35)36/h5-14,16-18H,4,15H2,1-3H3,(H,35,36)(H,32,33,34). The maximum Gasteiger partial charge on any atom is 0.347 e. The van der Waals surface area contributed by atoms with Crippen LogP contribution in [0.3, 0.4) is 0 Å². The molecule has 39 heavy (non-hydrogen) atoms. The van der Waals surface area contributed by atoms with Gasteiger partial charge in [-0.1, -0.05) is 24.3 Å². The quantitative estimate of drug-likeness (QED) is 0.271. The van der Waals surface area contributed by atoms with Crippen LogP contribution < -0.4 is 19.5 Å². The topological polar surface area (TPSA) is 133 Å². The van der Waals surface area contributed by atoms with Crippen LogP contribution in [0.15, 0.2) is 79.3 Å². The van der Waals surface area contributed by atoms with Crippen LogP contribution >= 0.6 is 0 Å². The third-order valence-electron chi connectivity index (χ3n) is 5.46. The average Bonchev–Trinajstić information content (AvgIpc) is 2.91. The van der Waals surface area contributed by atoms with Crippen molar-refractivity contribution in [2.24, 2.45) is 0 Å². The monoisotopic (exact) mass is 528 g/mol. The van der Waals surface area contributed by atoms with Gasteiger partial charge < -0.3 is 24.6 Å². The minimum absolute atomic E-state index is 0.0874. The first-order valence-corrected chi connectivity index (χ1v) is 12.2. The van der Waals surface area contributed by atoms with Crippen LogP contribution in [0.5, 0.6) is 23.1 Å². The Kier molecular flexibility index (Phi) is 8.35. The number of amides is 1. The SMILES string of the molecule is CCOc1cccnc1Oc1cccc(-c2cncc(NC(=O)Cc3ccc(OC(C)(C)C(=O)O)cc3)n2)c1. The third-order valence-corrected chi connectivity index (χ3v) is 5.46. The lowest BCUT2D eigenvalue weighted by Gasteiger charge is -2.21. The van der Waals surface area contributed by atoms with Crippen LogP contribution in [-0.2, 0) is 16.0 Å². The molecule has 0 atom stereocenters. The Bertz CT molecular complexity index is 1460. The van der Waals surface area contributed by atoms with Crippen molar-refractivity contribution >= 4 is 17.7 Å². The highest BCUT2D eigenvalue weighted by Gasteiger charge is 2.29. The molecule has 0 radical (unpaired) electrons. The summed E-state index contributed by atoms with van der Waals surface area (Å²) in [5.74, 6) is 0.787. The molecule has 0 saturated carbocycles. The van der Waals surface area contributed by atoms with Crippen LogP contribution in [0.2, 0.25) is 0 Å². The molecule has 0 fully saturated rings. The second-order valence-electron chi connectivity index (χ2n) is 8.95. The van der Waals surface area contributed by atoms with Crippen molar-refractivity contribution in [3.8, 4) is 34.4 Å². The zero-order chi connectivity index (χ0) is 27.8. The smallest absolute Gasteiger partial charge is 0.347 e. The fourth-order valence-electron chi connectivity index (χ4n) is 3.50. The maximum absolute atomic E-state index is 12.6. The fourth-order valence-corrected chi connectivity index (χ4v) is 3.50. The number of carbonyl (C=O) groups is 2. The molecule has 2 aromatic carbocycles. The lowest BCUT2D eigenvalue weighted by Crippen LogP contribution is -2.37. The van der Waals surface area contributed by atoms with Gasteiger partial charge >= 0.3 is 5.97 Å². The summed E-state index contributed by atoms with van der Waals surface area (Å²) in [6, 6.07) is 17.5. The Morgan fingerprint density at radius 2 is 1.79 bits per heavy atom. The number of carbonyl (C=O) groups excluding carboxylic acids is 1. The zero-order valence-electron chi connectivity index (χ0n) is 21.7.